The lowest BCUT2D eigenvalue weighted by atomic mass is 10.1. The number of hydrazine groups is 1. The van der Waals surface area contributed by atoms with Crippen molar-refractivity contribution >= 4 is 68.8 Å². The monoisotopic (exact) mass is 616 g/mol. The van der Waals surface area contributed by atoms with Gasteiger partial charge in [-0.2, -0.15) is 5.01 Å². The number of nitrogens with zero attached hydrogens (tertiary/aromatic N) is 1. The summed E-state index contributed by atoms with van der Waals surface area (Å²) < 4.78 is 12.7. The van der Waals surface area contributed by atoms with E-state index in [1.165, 1.54) is 5.56 Å². The number of nitrogens with one attached hydrogen (secondary N) is 1. The largest absolute Gasteiger partial charge is 0.493 e. The fourth-order valence-electron chi connectivity index (χ4n) is 3.27. The van der Waals surface area contributed by atoms with Crippen LogP contribution in [0.2, 0.25) is 0 Å². The number of aryl methyl sites for hydroxylation is 1. The van der Waals surface area contributed by atoms with Crippen LogP contribution in [0.1, 0.15) is 27.0 Å². The number of ether oxygens (including phenoxy) is 2. The molecule has 1 aliphatic rings. The minimum Gasteiger partial charge on any atom is -0.493 e. The van der Waals surface area contributed by atoms with Crippen LogP contribution in [-0.4, -0.2) is 28.3 Å². The molecule has 3 aromatic carbocycles. The van der Waals surface area contributed by atoms with Crippen LogP contribution in [0.3, 0.4) is 0 Å². The molecule has 0 bridgehead atoms. The topological polar surface area (TPSA) is 67.9 Å². The number of thiocarbonyl (C=S) groups is 1. The fourth-order valence-corrected chi connectivity index (χ4v) is 5.23. The van der Waals surface area contributed by atoms with Gasteiger partial charge in [0.1, 0.15) is 6.61 Å². The zero-order valence-electron chi connectivity index (χ0n) is 18.9. The van der Waals surface area contributed by atoms with Crippen molar-refractivity contribution in [3.05, 3.63) is 97.5 Å². The van der Waals surface area contributed by atoms with Gasteiger partial charge >= 0.3 is 0 Å². The van der Waals surface area contributed by atoms with Crippen molar-refractivity contribution in [1.82, 2.24) is 10.4 Å². The predicted molar refractivity (Wildman–Crippen MR) is 150 cm³/mol. The molecule has 4 rings (SSSR count). The summed E-state index contributed by atoms with van der Waals surface area (Å²) in [5, 5.41) is 1.10. The molecule has 1 heterocycles. The Hall–Kier alpha value is -2.89. The van der Waals surface area contributed by atoms with Crippen molar-refractivity contribution in [3.63, 3.8) is 0 Å². The van der Waals surface area contributed by atoms with Gasteiger partial charge in [-0.05, 0) is 83.2 Å². The van der Waals surface area contributed by atoms with E-state index >= 15 is 0 Å². The molecule has 0 aromatic heterocycles. The molecule has 2 amide bonds. The second-order valence-electron chi connectivity index (χ2n) is 7.63. The highest BCUT2D eigenvalue weighted by molar-refractivity contribution is 14.1. The van der Waals surface area contributed by atoms with Crippen molar-refractivity contribution in [3.8, 4) is 11.5 Å². The number of carbonyl (C=O) groups is 2. The Labute approximate surface area is 226 Å². The Balaban J connectivity index is 1.51. The molecule has 35 heavy (non-hydrogen) atoms. The molecule has 1 aliphatic heterocycles. The minimum absolute atomic E-state index is 0.255. The number of rotatable bonds is 7. The third-order valence-electron chi connectivity index (χ3n) is 5.10. The highest BCUT2D eigenvalue weighted by atomic mass is 127. The van der Waals surface area contributed by atoms with Crippen LogP contribution in [0.25, 0.3) is 6.08 Å². The van der Waals surface area contributed by atoms with E-state index in [1.807, 2.05) is 49.4 Å². The van der Waals surface area contributed by atoms with Crippen LogP contribution in [0, 0.1) is 10.5 Å². The van der Waals surface area contributed by atoms with Crippen LogP contribution >= 0.6 is 46.6 Å². The third-order valence-corrected chi connectivity index (χ3v) is 7.20. The number of amides is 2. The first-order chi connectivity index (χ1) is 16.9. The van der Waals surface area contributed by atoms with Crippen LogP contribution < -0.4 is 14.9 Å². The fraction of sp³-hybridized carbons (Fsp3) is 0.115. The number of methoxy groups -OCH3 is 1. The number of hydrogen-bond donors (Lipinski definition) is 1. The summed E-state index contributed by atoms with van der Waals surface area (Å²) in [5.41, 5.74) is 6.02. The van der Waals surface area contributed by atoms with Crippen molar-refractivity contribution in [2.75, 3.05) is 7.11 Å². The van der Waals surface area contributed by atoms with Gasteiger partial charge in [-0.25, -0.2) is 0 Å². The number of hydrogen-bond acceptors (Lipinski definition) is 6. The van der Waals surface area contributed by atoms with Crippen molar-refractivity contribution in [2.24, 2.45) is 0 Å². The summed E-state index contributed by atoms with van der Waals surface area (Å²) in [7, 11) is 1.58. The first-order valence-corrected chi connectivity index (χ1v) is 12.9. The SMILES string of the molecule is COc1cc(/C=C2\SC(=S)N(NC(=O)c3ccccc3)C2=O)cc(I)c1OCc1ccc(C)cc1. The maximum atomic E-state index is 13.0. The van der Waals surface area contributed by atoms with Crippen molar-refractivity contribution in [1.29, 1.82) is 0 Å². The Morgan fingerprint density at radius 1 is 1.14 bits per heavy atom. The van der Waals surface area contributed by atoms with Crippen LogP contribution in [-0.2, 0) is 11.4 Å². The van der Waals surface area contributed by atoms with Gasteiger partial charge in [0, 0.05) is 5.56 Å². The minimum atomic E-state index is -0.408. The Bertz CT molecular complexity index is 1310. The van der Waals surface area contributed by atoms with E-state index in [0.717, 1.165) is 31.5 Å². The molecular weight excluding hydrogens is 595 g/mol. The second-order valence-corrected chi connectivity index (χ2v) is 10.5. The average Bonchev–Trinajstić information content (AvgIpc) is 3.11. The second kappa shape index (κ2) is 11.2. The summed E-state index contributed by atoms with van der Waals surface area (Å²) in [6.45, 7) is 2.45. The highest BCUT2D eigenvalue weighted by Gasteiger charge is 2.34. The van der Waals surface area contributed by atoms with Crippen LogP contribution in [0.5, 0.6) is 11.5 Å². The maximum Gasteiger partial charge on any atom is 0.285 e. The molecule has 0 saturated carbocycles. The molecule has 3 aromatic rings. The summed E-state index contributed by atoms with van der Waals surface area (Å²) in [6, 6.07) is 20.5. The molecule has 0 unspecified atom stereocenters. The molecule has 0 radical (unpaired) electrons. The molecule has 178 valence electrons. The van der Waals surface area contributed by atoms with Gasteiger partial charge in [0.15, 0.2) is 15.8 Å². The lowest BCUT2D eigenvalue weighted by molar-refractivity contribution is -0.123. The molecule has 1 N–H and O–H groups in total. The lowest BCUT2D eigenvalue weighted by Crippen LogP contribution is -2.44. The highest BCUT2D eigenvalue weighted by Crippen LogP contribution is 2.37. The molecule has 9 heteroatoms. The van der Waals surface area contributed by atoms with Gasteiger partial charge in [0.2, 0.25) is 0 Å². The van der Waals surface area contributed by atoms with Gasteiger partial charge in [-0.1, -0.05) is 59.8 Å². The van der Waals surface area contributed by atoms with Gasteiger partial charge in [0.05, 0.1) is 15.6 Å². The van der Waals surface area contributed by atoms with Gasteiger partial charge < -0.3 is 9.47 Å². The number of halogens is 1. The standard InChI is InChI=1S/C26H21IN2O4S2/c1-16-8-10-17(11-9-16)15-33-23-20(27)12-18(13-21(23)32-2)14-22-25(31)29(26(34)35-22)28-24(30)19-6-4-3-5-7-19/h3-14H,15H2,1-2H3,(H,28,30)/b22-14-. The smallest absolute Gasteiger partial charge is 0.285 e. The molecule has 0 spiro atoms. The first-order valence-electron chi connectivity index (χ1n) is 10.6. The third kappa shape index (κ3) is 6.03. The van der Waals surface area contributed by atoms with Crippen LogP contribution in [0.15, 0.2) is 71.6 Å². The number of thioether (sulfide) groups is 1. The Morgan fingerprint density at radius 3 is 2.54 bits per heavy atom. The number of carbonyl (C=O) groups excluding carboxylic acids is 2. The molecule has 6 nitrogen and oxygen atoms in total. The van der Waals surface area contributed by atoms with E-state index in [2.05, 4.69) is 28.0 Å². The summed E-state index contributed by atoms with van der Waals surface area (Å²) in [6.07, 6.45) is 1.72. The zero-order chi connectivity index (χ0) is 24.9. The average molecular weight is 617 g/mol. The number of benzene rings is 3. The van der Waals surface area contributed by atoms with Crippen molar-refractivity contribution < 1.29 is 19.1 Å². The summed E-state index contributed by atoms with van der Waals surface area (Å²) >= 11 is 8.64. The lowest BCUT2D eigenvalue weighted by Gasteiger charge is -2.15. The van der Waals surface area contributed by atoms with Crippen LogP contribution in [0.4, 0.5) is 0 Å². The quantitative estimate of drug-likeness (QED) is 0.208. The van der Waals surface area contributed by atoms with E-state index in [0.29, 0.717) is 28.6 Å². The van der Waals surface area contributed by atoms with Crippen molar-refractivity contribution in [2.45, 2.75) is 13.5 Å². The van der Waals surface area contributed by atoms with E-state index in [9.17, 15) is 9.59 Å². The zero-order valence-corrected chi connectivity index (χ0v) is 22.7. The molecular formula is C26H21IN2O4S2. The molecule has 0 aliphatic carbocycles. The molecule has 1 fully saturated rings. The Morgan fingerprint density at radius 2 is 1.86 bits per heavy atom. The predicted octanol–water partition coefficient (Wildman–Crippen LogP) is 5.73. The summed E-state index contributed by atoms with van der Waals surface area (Å²) in [5.74, 6) is 0.393. The normalized spacial score (nSPS) is 14.4. The van der Waals surface area contributed by atoms with Gasteiger partial charge in [-0.15, -0.1) is 0 Å². The van der Waals surface area contributed by atoms with E-state index in [1.54, 1.807) is 37.5 Å². The maximum absolute atomic E-state index is 13.0. The first kappa shape index (κ1) is 25.2. The van der Waals surface area contributed by atoms with E-state index in [-0.39, 0.29) is 4.32 Å². The van der Waals surface area contributed by atoms with Gasteiger partial charge in [0.25, 0.3) is 11.8 Å². The Kier molecular flexibility index (Phi) is 8.09. The summed E-state index contributed by atoms with van der Waals surface area (Å²) in [4.78, 5) is 25.8. The van der Waals surface area contributed by atoms with Gasteiger partial charge in [-0.3, -0.25) is 15.0 Å². The van der Waals surface area contributed by atoms with E-state index < -0.39 is 11.8 Å². The molecule has 0 atom stereocenters. The van der Waals surface area contributed by atoms with E-state index in [4.69, 9.17) is 21.7 Å². The molecule has 1 saturated heterocycles.